The minimum absolute atomic E-state index is 0. The van der Waals surface area contributed by atoms with Crippen LogP contribution in [0.25, 0.3) is 11.0 Å². The third kappa shape index (κ3) is 2.11. The highest BCUT2D eigenvalue weighted by Gasteiger charge is 2.13. The topological polar surface area (TPSA) is 80.4 Å². The van der Waals surface area contributed by atoms with Crippen LogP contribution in [0.2, 0.25) is 0 Å². The number of hydrogen-bond donors (Lipinski definition) is 2. The van der Waals surface area contributed by atoms with E-state index in [0.717, 1.165) is 16.6 Å². The van der Waals surface area contributed by atoms with Crippen LogP contribution in [0.4, 0.5) is 0 Å². The molecule has 3 rings (SSSR count). The lowest BCUT2D eigenvalue weighted by atomic mass is 10.1. The molecule has 0 saturated heterocycles. The molecule has 0 aliphatic heterocycles. The summed E-state index contributed by atoms with van der Waals surface area (Å²) in [6, 6.07) is 17.3. The van der Waals surface area contributed by atoms with Gasteiger partial charge < -0.3 is 15.6 Å². The first kappa shape index (κ1) is 12.3. The van der Waals surface area contributed by atoms with E-state index < -0.39 is 6.10 Å². The van der Waals surface area contributed by atoms with Gasteiger partial charge in [-0.2, -0.15) is 0 Å². The number of imidazole rings is 1. The van der Waals surface area contributed by atoms with Gasteiger partial charge in [-0.05, 0) is 17.7 Å². The van der Waals surface area contributed by atoms with Crippen LogP contribution in [0.5, 0.6) is 0 Å². The highest BCUT2D eigenvalue weighted by Crippen LogP contribution is 2.21. The molecular weight excluding hydrogens is 228 g/mol. The fraction of sp³-hybridized carbons (Fsp3) is 0.0714. The third-order valence-electron chi connectivity index (χ3n) is 2.78. The highest BCUT2D eigenvalue weighted by molar-refractivity contribution is 5.74. The molecule has 0 amide bonds. The number of aromatic nitrogens is 2. The van der Waals surface area contributed by atoms with E-state index >= 15 is 0 Å². The molecule has 4 heteroatoms. The maximum absolute atomic E-state index is 10.2. The molecule has 1 aromatic heterocycles. The number of nitrogens with one attached hydrogen (secondary N) is 1. The molecule has 1 atom stereocenters. The second kappa shape index (κ2) is 5.00. The van der Waals surface area contributed by atoms with E-state index in [4.69, 9.17) is 0 Å². The Hall–Kier alpha value is -2.17. The Balaban J connectivity index is 0.00000120. The molecule has 3 aromatic rings. The van der Waals surface area contributed by atoms with E-state index in [9.17, 15) is 5.11 Å². The zero-order valence-corrected chi connectivity index (χ0v) is 9.67. The van der Waals surface area contributed by atoms with Crippen LogP contribution in [0, 0.1) is 0 Å². The number of benzene rings is 2. The zero-order chi connectivity index (χ0) is 11.7. The number of H-pyrrole nitrogens is 1. The van der Waals surface area contributed by atoms with Crippen molar-refractivity contribution < 1.29 is 10.6 Å². The van der Waals surface area contributed by atoms with Gasteiger partial charge >= 0.3 is 0 Å². The normalized spacial score (nSPS) is 12.1. The number of rotatable bonds is 2. The molecule has 4 N–H and O–H groups in total. The fourth-order valence-corrected chi connectivity index (χ4v) is 1.90. The fourth-order valence-electron chi connectivity index (χ4n) is 1.90. The maximum Gasteiger partial charge on any atom is 0.140 e. The second-order valence-corrected chi connectivity index (χ2v) is 3.95. The van der Waals surface area contributed by atoms with Crippen LogP contribution in [0.3, 0.4) is 0 Å². The number of aromatic amines is 1. The molecule has 0 bridgehead atoms. The van der Waals surface area contributed by atoms with E-state index in [-0.39, 0.29) is 5.48 Å². The second-order valence-electron chi connectivity index (χ2n) is 3.95. The van der Waals surface area contributed by atoms with Gasteiger partial charge in [-0.3, -0.25) is 0 Å². The maximum atomic E-state index is 10.2. The van der Waals surface area contributed by atoms with Crippen molar-refractivity contribution in [1.82, 2.24) is 9.97 Å². The molecule has 2 aromatic carbocycles. The summed E-state index contributed by atoms with van der Waals surface area (Å²) in [7, 11) is 0. The van der Waals surface area contributed by atoms with Crippen LogP contribution in [-0.2, 0) is 0 Å². The Kier molecular flexibility index (Phi) is 3.41. The first-order valence-corrected chi connectivity index (χ1v) is 5.52. The van der Waals surface area contributed by atoms with Crippen LogP contribution >= 0.6 is 0 Å². The number of aliphatic hydroxyl groups is 1. The molecule has 0 aliphatic rings. The van der Waals surface area contributed by atoms with Crippen molar-refractivity contribution in [2.45, 2.75) is 6.10 Å². The van der Waals surface area contributed by atoms with E-state index in [1.54, 1.807) is 0 Å². The number of nitrogens with zero attached hydrogens (tertiary/aromatic N) is 1. The summed E-state index contributed by atoms with van der Waals surface area (Å²) in [6.07, 6.45) is -0.705. The lowest BCUT2D eigenvalue weighted by Crippen LogP contribution is -2.01. The highest BCUT2D eigenvalue weighted by atomic mass is 16.3. The van der Waals surface area contributed by atoms with Crippen molar-refractivity contribution in [3.63, 3.8) is 0 Å². The summed E-state index contributed by atoms with van der Waals surface area (Å²) in [5.74, 6) is 0.581. The standard InChI is InChI=1S/C14H12N2O.H2O/c17-13(10-6-2-1-3-7-10)14-15-11-8-4-5-9-12(11)16-14;/h1-9,13,17H,(H,15,16);1H2. The van der Waals surface area contributed by atoms with Gasteiger partial charge in [0.05, 0.1) is 11.0 Å². The quantitative estimate of drug-likeness (QED) is 0.718. The SMILES string of the molecule is O.OC(c1ccccc1)c1nc2ccccc2[nH]1. The van der Waals surface area contributed by atoms with Gasteiger partial charge in [0.15, 0.2) is 0 Å². The minimum atomic E-state index is -0.705. The third-order valence-corrected chi connectivity index (χ3v) is 2.78. The molecule has 0 radical (unpaired) electrons. The first-order valence-electron chi connectivity index (χ1n) is 5.52. The first-order chi connectivity index (χ1) is 8.34. The van der Waals surface area contributed by atoms with Crippen molar-refractivity contribution in [3.05, 3.63) is 66.0 Å². The lowest BCUT2D eigenvalue weighted by molar-refractivity contribution is 0.211. The molecule has 1 unspecified atom stereocenters. The average molecular weight is 242 g/mol. The van der Waals surface area contributed by atoms with E-state index in [1.165, 1.54) is 0 Å². The van der Waals surface area contributed by atoms with Crippen molar-refractivity contribution in [2.24, 2.45) is 0 Å². The predicted molar refractivity (Wildman–Crippen MR) is 70.2 cm³/mol. The Morgan fingerprint density at radius 3 is 2.33 bits per heavy atom. The van der Waals surface area contributed by atoms with Crippen molar-refractivity contribution in [1.29, 1.82) is 0 Å². The van der Waals surface area contributed by atoms with Crippen molar-refractivity contribution in [2.75, 3.05) is 0 Å². The molecule has 92 valence electrons. The Morgan fingerprint density at radius 2 is 1.61 bits per heavy atom. The van der Waals surface area contributed by atoms with E-state index in [1.807, 2.05) is 54.6 Å². The lowest BCUT2D eigenvalue weighted by Gasteiger charge is -2.06. The minimum Gasteiger partial charge on any atom is -0.412 e. The Labute approximate surface area is 104 Å². The van der Waals surface area contributed by atoms with E-state index in [2.05, 4.69) is 9.97 Å². The van der Waals surface area contributed by atoms with Gasteiger partial charge in [0.1, 0.15) is 11.9 Å². The van der Waals surface area contributed by atoms with Crippen LogP contribution in [-0.4, -0.2) is 20.6 Å². The van der Waals surface area contributed by atoms with Crippen LogP contribution < -0.4 is 0 Å². The van der Waals surface area contributed by atoms with Crippen LogP contribution in [0.1, 0.15) is 17.5 Å². The Morgan fingerprint density at radius 1 is 0.944 bits per heavy atom. The molecule has 0 spiro atoms. The number of hydrogen-bond acceptors (Lipinski definition) is 2. The molecule has 4 nitrogen and oxygen atoms in total. The number of fused-ring (bicyclic) bond motifs is 1. The summed E-state index contributed by atoms with van der Waals surface area (Å²) in [6.45, 7) is 0. The van der Waals surface area contributed by atoms with Gasteiger partial charge in [0.2, 0.25) is 0 Å². The average Bonchev–Trinajstić information content (AvgIpc) is 2.82. The molecule has 18 heavy (non-hydrogen) atoms. The smallest absolute Gasteiger partial charge is 0.140 e. The van der Waals surface area contributed by atoms with Crippen molar-refractivity contribution in [3.8, 4) is 0 Å². The monoisotopic (exact) mass is 242 g/mol. The van der Waals surface area contributed by atoms with Gasteiger partial charge in [-0.15, -0.1) is 0 Å². The summed E-state index contributed by atoms with van der Waals surface area (Å²) in [5.41, 5.74) is 2.65. The van der Waals surface area contributed by atoms with E-state index in [0.29, 0.717) is 5.82 Å². The largest absolute Gasteiger partial charge is 0.412 e. The molecular formula is C14H14N2O2. The zero-order valence-electron chi connectivity index (χ0n) is 9.67. The molecule has 0 saturated carbocycles. The van der Waals surface area contributed by atoms with Gasteiger partial charge in [0, 0.05) is 0 Å². The molecule has 0 aliphatic carbocycles. The predicted octanol–water partition coefficient (Wildman–Crippen LogP) is 1.82. The number of aliphatic hydroxyl groups excluding tert-OH is 1. The summed E-state index contributed by atoms with van der Waals surface area (Å²) < 4.78 is 0. The summed E-state index contributed by atoms with van der Waals surface area (Å²) in [4.78, 5) is 7.52. The van der Waals surface area contributed by atoms with Crippen LogP contribution in [0.15, 0.2) is 54.6 Å². The summed E-state index contributed by atoms with van der Waals surface area (Å²) in [5, 5.41) is 10.2. The number of para-hydroxylation sites is 2. The van der Waals surface area contributed by atoms with Gasteiger partial charge in [-0.1, -0.05) is 42.5 Å². The van der Waals surface area contributed by atoms with Gasteiger partial charge in [0.25, 0.3) is 0 Å². The van der Waals surface area contributed by atoms with Crippen molar-refractivity contribution >= 4 is 11.0 Å². The molecule has 1 heterocycles. The Bertz CT molecular complexity index is 601. The van der Waals surface area contributed by atoms with Gasteiger partial charge in [-0.25, -0.2) is 4.98 Å². The molecule has 0 fully saturated rings. The summed E-state index contributed by atoms with van der Waals surface area (Å²) >= 11 is 0.